The number of hydrogen-bond donors (Lipinski definition) is 2. The summed E-state index contributed by atoms with van der Waals surface area (Å²) in [5.74, 6) is -0.907. The summed E-state index contributed by atoms with van der Waals surface area (Å²) in [4.78, 5) is 14.7. The van der Waals surface area contributed by atoms with Crippen molar-refractivity contribution < 1.29 is 9.90 Å². The molecule has 100 valence electrons. The monoisotopic (exact) mass is 265 g/mol. The summed E-state index contributed by atoms with van der Waals surface area (Å²) in [6.45, 7) is 4.09. The van der Waals surface area contributed by atoms with E-state index in [4.69, 9.17) is 0 Å². The van der Waals surface area contributed by atoms with Crippen LogP contribution in [0.2, 0.25) is 0 Å². The summed E-state index contributed by atoms with van der Waals surface area (Å²) < 4.78 is 0. The van der Waals surface area contributed by atoms with Crippen LogP contribution >= 0.6 is 0 Å². The highest BCUT2D eigenvalue weighted by Crippen LogP contribution is 2.33. The standard InChI is InChI=1S/C17H15NO2/c1-10-6-5-9-14-15(10)11(2)16(18-14)12-7-3-4-8-13(12)17(19)20/h3-9,18H,1-2H3,(H,19,20). The van der Waals surface area contributed by atoms with Gasteiger partial charge in [0.1, 0.15) is 0 Å². The van der Waals surface area contributed by atoms with Gasteiger partial charge in [0.2, 0.25) is 0 Å². The highest BCUT2D eigenvalue weighted by molar-refractivity contribution is 5.99. The van der Waals surface area contributed by atoms with E-state index in [-0.39, 0.29) is 0 Å². The Balaban J connectivity index is 2.34. The molecule has 0 atom stereocenters. The molecule has 0 amide bonds. The number of aromatic amines is 1. The molecule has 20 heavy (non-hydrogen) atoms. The lowest BCUT2D eigenvalue weighted by Crippen LogP contribution is -1.99. The van der Waals surface area contributed by atoms with Crippen LogP contribution in [0.4, 0.5) is 0 Å². The van der Waals surface area contributed by atoms with Crippen LogP contribution in [0.25, 0.3) is 22.2 Å². The Morgan fingerprint density at radius 3 is 2.50 bits per heavy atom. The molecule has 0 saturated carbocycles. The van der Waals surface area contributed by atoms with Crippen molar-refractivity contribution in [2.75, 3.05) is 0 Å². The van der Waals surface area contributed by atoms with Gasteiger partial charge in [-0.05, 0) is 37.1 Å². The minimum absolute atomic E-state index is 0.319. The first kappa shape index (κ1) is 12.5. The number of aryl methyl sites for hydroxylation is 2. The molecule has 3 nitrogen and oxygen atoms in total. The molecule has 0 spiro atoms. The first-order chi connectivity index (χ1) is 9.59. The smallest absolute Gasteiger partial charge is 0.336 e. The summed E-state index contributed by atoms with van der Waals surface area (Å²) in [7, 11) is 0. The number of aromatic carboxylic acids is 1. The van der Waals surface area contributed by atoms with Crippen molar-refractivity contribution in [3.8, 4) is 11.3 Å². The minimum atomic E-state index is -0.907. The van der Waals surface area contributed by atoms with E-state index in [1.54, 1.807) is 12.1 Å². The SMILES string of the molecule is Cc1cccc2[nH]c(-c3ccccc3C(=O)O)c(C)c12. The highest BCUT2D eigenvalue weighted by atomic mass is 16.4. The van der Waals surface area contributed by atoms with Crippen molar-refractivity contribution in [1.82, 2.24) is 4.98 Å². The summed E-state index contributed by atoms with van der Waals surface area (Å²) in [6, 6.07) is 13.2. The number of carboxylic acids is 1. The number of rotatable bonds is 2. The van der Waals surface area contributed by atoms with Crippen LogP contribution < -0.4 is 0 Å². The zero-order valence-electron chi connectivity index (χ0n) is 11.4. The maximum absolute atomic E-state index is 11.4. The lowest BCUT2D eigenvalue weighted by molar-refractivity contribution is 0.0697. The van der Waals surface area contributed by atoms with Crippen LogP contribution in [0.5, 0.6) is 0 Å². The van der Waals surface area contributed by atoms with Crippen LogP contribution in [0, 0.1) is 13.8 Å². The zero-order chi connectivity index (χ0) is 14.3. The Kier molecular flexibility index (Phi) is 2.83. The average Bonchev–Trinajstić information content (AvgIpc) is 2.77. The van der Waals surface area contributed by atoms with E-state index in [2.05, 4.69) is 18.0 Å². The van der Waals surface area contributed by atoms with E-state index in [0.29, 0.717) is 5.56 Å². The molecule has 2 aromatic carbocycles. The normalized spacial score (nSPS) is 10.9. The van der Waals surface area contributed by atoms with Gasteiger partial charge in [-0.25, -0.2) is 4.79 Å². The lowest BCUT2D eigenvalue weighted by atomic mass is 10.00. The van der Waals surface area contributed by atoms with Crippen molar-refractivity contribution in [2.24, 2.45) is 0 Å². The van der Waals surface area contributed by atoms with Gasteiger partial charge in [-0.2, -0.15) is 0 Å². The van der Waals surface area contributed by atoms with Crippen molar-refractivity contribution in [3.63, 3.8) is 0 Å². The van der Waals surface area contributed by atoms with E-state index in [0.717, 1.165) is 22.3 Å². The number of fused-ring (bicyclic) bond motifs is 1. The molecule has 0 bridgehead atoms. The maximum atomic E-state index is 11.4. The van der Waals surface area contributed by atoms with Crippen molar-refractivity contribution >= 4 is 16.9 Å². The number of H-pyrrole nitrogens is 1. The van der Waals surface area contributed by atoms with E-state index in [1.165, 1.54) is 10.9 Å². The van der Waals surface area contributed by atoms with Crippen LogP contribution in [-0.2, 0) is 0 Å². The molecule has 3 aromatic rings. The first-order valence-corrected chi connectivity index (χ1v) is 6.50. The molecule has 1 heterocycles. The van der Waals surface area contributed by atoms with Crippen LogP contribution in [-0.4, -0.2) is 16.1 Å². The van der Waals surface area contributed by atoms with Crippen molar-refractivity contribution in [3.05, 3.63) is 59.2 Å². The second kappa shape index (κ2) is 4.53. The number of carboxylic acid groups (broad SMARTS) is 1. The predicted molar refractivity (Wildman–Crippen MR) is 80.2 cm³/mol. The molecule has 0 aliphatic heterocycles. The van der Waals surface area contributed by atoms with Crippen LogP contribution in [0.1, 0.15) is 21.5 Å². The zero-order valence-corrected chi connectivity index (χ0v) is 11.4. The minimum Gasteiger partial charge on any atom is -0.478 e. The molecular formula is C17H15NO2. The Hall–Kier alpha value is -2.55. The fourth-order valence-corrected chi connectivity index (χ4v) is 2.78. The van der Waals surface area contributed by atoms with Crippen molar-refractivity contribution in [1.29, 1.82) is 0 Å². The first-order valence-electron chi connectivity index (χ1n) is 6.50. The molecule has 1 aromatic heterocycles. The van der Waals surface area contributed by atoms with Gasteiger partial charge in [-0.3, -0.25) is 0 Å². The van der Waals surface area contributed by atoms with E-state index in [1.807, 2.05) is 31.2 Å². The van der Waals surface area contributed by atoms with Crippen LogP contribution in [0.15, 0.2) is 42.5 Å². The lowest BCUT2D eigenvalue weighted by Gasteiger charge is -2.05. The van der Waals surface area contributed by atoms with Gasteiger partial charge >= 0.3 is 5.97 Å². The Labute approximate surface area is 116 Å². The molecule has 0 aliphatic carbocycles. The van der Waals surface area contributed by atoms with Gasteiger partial charge in [0, 0.05) is 16.5 Å². The Bertz CT molecular complexity index is 815. The number of nitrogens with one attached hydrogen (secondary N) is 1. The quantitative estimate of drug-likeness (QED) is 0.731. The molecule has 3 rings (SSSR count). The summed E-state index contributed by atoms with van der Waals surface area (Å²) in [5, 5.41) is 10.5. The predicted octanol–water partition coefficient (Wildman–Crippen LogP) is 4.15. The third-order valence-electron chi connectivity index (χ3n) is 3.71. The molecular weight excluding hydrogens is 250 g/mol. The summed E-state index contributed by atoms with van der Waals surface area (Å²) in [5.41, 5.74) is 5.25. The largest absolute Gasteiger partial charge is 0.478 e. The molecule has 0 radical (unpaired) electrons. The maximum Gasteiger partial charge on any atom is 0.336 e. The molecule has 0 saturated heterocycles. The fraction of sp³-hybridized carbons (Fsp3) is 0.118. The topological polar surface area (TPSA) is 53.1 Å². The van der Waals surface area contributed by atoms with Crippen LogP contribution in [0.3, 0.4) is 0 Å². The molecule has 2 N–H and O–H groups in total. The van der Waals surface area contributed by atoms with Gasteiger partial charge in [0.15, 0.2) is 0 Å². The van der Waals surface area contributed by atoms with E-state index >= 15 is 0 Å². The van der Waals surface area contributed by atoms with E-state index in [9.17, 15) is 9.90 Å². The highest BCUT2D eigenvalue weighted by Gasteiger charge is 2.16. The number of aromatic nitrogens is 1. The average molecular weight is 265 g/mol. The summed E-state index contributed by atoms with van der Waals surface area (Å²) >= 11 is 0. The van der Waals surface area contributed by atoms with Crippen molar-refractivity contribution in [2.45, 2.75) is 13.8 Å². The second-order valence-electron chi connectivity index (χ2n) is 4.97. The summed E-state index contributed by atoms with van der Waals surface area (Å²) in [6.07, 6.45) is 0. The number of hydrogen-bond acceptors (Lipinski definition) is 1. The molecule has 0 unspecified atom stereocenters. The Morgan fingerprint density at radius 2 is 1.80 bits per heavy atom. The second-order valence-corrected chi connectivity index (χ2v) is 4.97. The fourth-order valence-electron chi connectivity index (χ4n) is 2.78. The van der Waals surface area contributed by atoms with Gasteiger partial charge in [-0.1, -0.05) is 30.3 Å². The van der Waals surface area contributed by atoms with Gasteiger partial charge < -0.3 is 10.1 Å². The molecule has 0 fully saturated rings. The van der Waals surface area contributed by atoms with E-state index < -0.39 is 5.97 Å². The molecule has 3 heteroatoms. The van der Waals surface area contributed by atoms with Gasteiger partial charge in [0.25, 0.3) is 0 Å². The van der Waals surface area contributed by atoms with Gasteiger partial charge in [-0.15, -0.1) is 0 Å². The number of carbonyl (C=O) groups is 1. The number of benzene rings is 2. The Morgan fingerprint density at radius 1 is 1.05 bits per heavy atom. The third kappa shape index (κ3) is 1.79. The molecule has 0 aliphatic rings. The third-order valence-corrected chi connectivity index (χ3v) is 3.71. The van der Waals surface area contributed by atoms with Gasteiger partial charge in [0.05, 0.1) is 11.3 Å².